The van der Waals surface area contributed by atoms with E-state index in [4.69, 9.17) is 0 Å². The van der Waals surface area contributed by atoms with E-state index in [0.29, 0.717) is 30.7 Å². The van der Waals surface area contributed by atoms with Crippen molar-refractivity contribution in [1.82, 2.24) is 19.6 Å². The molecule has 0 radical (unpaired) electrons. The SMILES string of the molecule is CCC(CC)(Cc1nnc2cnccn12)C(=O)O. The van der Waals surface area contributed by atoms with Crippen LogP contribution in [-0.2, 0) is 11.2 Å². The predicted molar refractivity (Wildman–Crippen MR) is 65.1 cm³/mol. The molecule has 6 heteroatoms. The van der Waals surface area contributed by atoms with Crippen LogP contribution in [0.5, 0.6) is 0 Å². The zero-order valence-corrected chi connectivity index (χ0v) is 10.5. The van der Waals surface area contributed by atoms with Gasteiger partial charge < -0.3 is 5.11 Å². The van der Waals surface area contributed by atoms with Gasteiger partial charge in [0.25, 0.3) is 0 Å². The Morgan fingerprint density at radius 1 is 1.39 bits per heavy atom. The predicted octanol–water partition coefficient (Wildman–Crippen LogP) is 1.56. The van der Waals surface area contributed by atoms with Crippen LogP contribution in [0.2, 0.25) is 0 Å². The second-order valence-corrected chi connectivity index (χ2v) is 4.39. The minimum absolute atomic E-state index is 0.376. The van der Waals surface area contributed by atoms with Crippen molar-refractivity contribution < 1.29 is 9.90 Å². The summed E-state index contributed by atoms with van der Waals surface area (Å²) in [5, 5.41) is 17.5. The monoisotopic (exact) mass is 248 g/mol. The van der Waals surface area contributed by atoms with Gasteiger partial charge in [0.15, 0.2) is 5.65 Å². The second kappa shape index (κ2) is 4.72. The Labute approximate surface area is 105 Å². The topological polar surface area (TPSA) is 80.4 Å². The van der Waals surface area contributed by atoms with Gasteiger partial charge in [-0.1, -0.05) is 13.8 Å². The summed E-state index contributed by atoms with van der Waals surface area (Å²) in [5.41, 5.74) is -0.134. The van der Waals surface area contributed by atoms with Crippen LogP contribution in [0.3, 0.4) is 0 Å². The summed E-state index contributed by atoms with van der Waals surface area (Å²) < 4.78 is 1.79. The van der Waals surface area contributed by atoms with E-state index < -0.39 is 11.4 Å². The number of aromatic nitrogens is 4. The Bertz CT molecular complexity index is 560. The first kappa shape index (κ1) is 12.5. The summed E-state index contributed by atoms with van der Waals surface area (Å²) in [6.45, 7) is 3.78. The normalized spacial score (nSPS) is 11.9. The van der Waals surface area contributed by atoms with Crippen LogP contribution in [0.25, 0.3) is 5.65 Å². The van der Waals surface area contributed by atoms with Crippen LogP contribution in [0, 0.1) is 5.41 Å². The summed E-state index contributed by atoms with van der Waals surface area (Å²) >= 11 is 0. The molecule has 0 atom stereocenters. The summed E-state index contributed by atoms with van der Waals surface area (Å²) in [6.07, 6.45) is 6.51. The first-order valence-electron chi connectivity index (χ1n) is 6.00. The van der Waals surface area contributed by atoms with Crippen LogP contribution in [0.4, 0.5) is 0 Å². The van der Waals surface area contributed by atoms with Gasteiger partial charge in [0.2, 0.25) is 0 Å². The van der Waals surface area contributed by atoms with Crippen molar-refractivity contribution in [2.45, 2.75) is 33.1 Å². The van der Waals surface area contributed by atoms with Gasteiger partial charge >= 0.3 is 5.97 Å². The average molecular weight is 248 g/mol. The standard InChI is InChI=1S/C12H16N4O2/c1-3-12(4-2,11(17)18)7-9-14-15-10-8-13-5-6-16(9)10/h5-6,8H,3-4,7H2,1-2H3,(H,17,18). The quantitative estimate of drug-likeness (QED) is 0.868. The van der Waals surface area contributed by atoms with Crippen LogP contribution >= 0.6 is 0 Å². The molecule has 2 aromatic heterocycles. The fourth-order valence-corrected chi connectivity index (χ4v) is 2.10. The maximum atomic E-state index is 11.5. The highest BCUT2D eigenvalue weighted by Gasteiger charge is 2.36. The Hall–Kier alpha value is -1.98. The van der Waals surface area contributed by atoms with Crippen molar-refractivity contribution in [1.29, 1.82) is 0 Å². The van der Waals surface area contributed by atoms with E-state index in [9.17, 15) is 9.90 Å². The molecular formula is C12H16N4O2. The first-order chi connectivity index (χ1) is 8.63. The van der Waals surface area contributed by atoms with Gasteiger partial charge in [-0.3, -0.25) is 14.2 Å². The summed E-state index contributed by atoms with van der Waals surface area (Å²) in [6, 6.07) is 0. The lowest BCUT2D eigenvalue weighted by molar-refractivity contribution is -0.149. The molecule has 2 rings (SSSR count). The van der Waals surface area contributed by atoms with Crippen LogP contribution in [0.15, 0.2) is 18.6 Å². The number of hydrogen-bond acceptors (Lipinski definition) is 4. The van der Waals surface area contributed by atoms with Crippen LogP contribution in [0.1, 0.15) is 32.5 Å². The van der Waals surface area contributed by atoms with E-state index in [-0.39, 0.29) is 0 Å². The van der Waals surface area contributed by atoms with E-state index in [1.54, 1.807) is 23.0 Å². The number of hydrogen-bond donors (Lipinski definition) is 1. The fraction of sp³-hybridized carbons (Fsp3) is 0.500. The molecule has 0 aromatic carbocycles. The smallest absolute Gasteiger partial charge is 0.310 e. The molecule has 6 nitrogen and oxygen atoms in total. The van der Waals surface area contributed by atoms with Gasteiger partial charge in [0.1, 0.15) is 5.82 Å². The third-order valence-corrected chi connectivity index (χ3v) is 3.59. The largest absolute Gasteiger partial charge is 0.481 e. The molecule has 18 heavy (non-hydrogen) atoms. The Morgan fingerprint density at radius 2 is 2.11 bits per heavy atom. The number of carbonyl (C=O) groups is 1. The number of carboxylic acid groups (broad SMARTS) is 1. The molecule has 0 aliphatic carbocycles. The molecular weight excluding hydrogens is 232 g/mol. The van der Waals surface area contributed by atoms with E-state index in [0.717, 1.165) is 0 Å². The van der Waals surface area contributed by atoms with Crippen molar-refractivity contribution in [2.24, 2.45) is 5.41 Å². The third-order valence-electron chi connectivity index (χ3n) is 3.59. The minimum Gasteiger partial charge on any atom is -0.481 e. The van der Waals surface area contributed by atoms with Gasteiger partial charge in [-0.25, -0.2) is 0 Å². The summed E-state index contributed by atoms with van der Waals surface area (Å²) in [7, 11) is 0. The van der Waals surface area contributed by atoms with Gasteiger partial charge in [0, 0.05) is 18.8 Å². The lowest BCUT2D eigenvalue weighted by atomic mass is 9.79. The van der Waals surface area contributed by atoms with Gasteiger partial charge in [-0.2, -0.15) is 0 Å². The van der Waals surface area contributed by atoms with Gasteiger partial charge in [-0.05, 0) is 12.8 Å². The Morgan fingerprint density at radius 3 is 2.72 bits per heavy atom. The van der Waals surface area contributed by atoms with Crippen molar-refractivity contribution in [2.75, 3.05) is 0 Å². The molecule has 96 valence electrons. The van der Waals surface area contributed by atoms with Crippen LogP contribution in [-0.4, -0.2) is 30.7 Å². The number of fused-ring (bicyclic) bond motifs is 1. The summed E-state index contributed by atoms with van der Waals surface area (Å²) in [5.74, 6) is -0.114. The molecule has 0 saturated carbocycles. The van der Waals surface area contributed by atoms with E-state index in [1.807, 2.05) is 13.8 Å². The number of aliphatic carboxylic acids is 1. The van der Waals surface area contributed by atoms with E-state index in [2.05, 4.69) is 15.2 Å². The molecule has 2 aromatic rings. The zero-order chi connectivity index (χ0) is 13.2. The molecule has 0 unspecified atom stereocenters. The van der Waals surface area contributed by atoms with Crippen molar-refractivity contribution in [3.05, 3.63) is 24.4 Å². The summed E-state index contributed by atoms with van der Waals surface area (Å²) in [4.78, 5) is 15.4. The maximum Gasteiger partial charge on any atom is 0.310 e. The van der Waals surface area contributed by atoms with Crippen LogP contribution < -0.4 is 0 Å². The molecule has 0 bridgehead atoms. The lowest BCUT2D eigenvalue weighted by Crippen LogP contribution is -2.32. The maximum absolute atomic E-state index is 11.5. The minimum atomic E-state index is -0.779. The molecule has 0 spiro atoms. The molecule has 0 fully saturated rings. The number of carboxylic acids is 1. The highest BCUT2D eigenvalue weighted by molar-refractivity contribution is 5.74. The highest BCUT2D eigenvalue weighted by atomic mass is 16.4. The van der Waals surface area contributed by atoms with Gasteiger partial charge in [-0.15, -0.1) is 10.2 Å². The lowest BCUT2D eigenvalue weighted by Gasteiger charge is -2.25. The highest BCUT2D eigenvalue weighted by Crippen LogP contribution is 2.30. The number of rotatable bonds is 5. The van der Waals surface area contributed by atoms with Crippen molar-refractivity contribution in [3.63, 3.8) is 0 Å². The molecule has 2 heterocycles. The van der Waals surface area contributed by atoms with Gasteiger partial charge in [0.05, 0.1) is 11.6 Å². The zero-order valence-electron chi connectivity index (χ0n) is 10.5. The third kappa shape index (κ3) is 1.94. The molecule has 0 amide bonds. The van der Waals surface area contributed by atoms with Crippen molar-refractivity contribution in [3.8, 4) is 0 Å². The average Bonchev–Trinajstić information content (AvgIpc) is 2.79. The molecule has 0 aliphatic rings. The molecule has 1 N–H and O–H groups in total. The Balaban J connectivity index is 2.40. The van der Waals surface area contributed by atoms with E-state index >= 15 is 0 Å². The molecule has 0 aliphatic heterocycles. The number of nitrogens with zero attached hydrogens (tertiary/aromatic N) is 4. The Kier molecular flexibility index (Phi) is 3.27. The molecule has 0 saturated heterocycles. The first-order valence-corrected chi connectivity index (χ1v) is 6.00. The van der Waals surface area contributed by atoms with E-state index in [1.165, 1.54) is 0 Å². The second-order valence-electron chi connectivity index (χ2n) is 4.39. The fourth-order valence-electron chi connectivity index (χ4n) is 2.10. The van der Waals surface area contributed by atoms with Crippen molar-refractivity contribution >= 4 is 11.6 Å².